The number of aromatic nitrogens is 4. The van der Waals surface area contributed by atoms with Crippen LogP contribution in [0.2, 0.25) is 0 Å². The molecule has 3 aliphatic rings. The van der Waals surface area contributed by atoms with Crippen LogP contribution in [-0.2, 0) is 20.2 Å². The van der Waals surface area contributed by atoms with Gasteiger partial charge >= 0.3 is 11.0 Å². The van der Waals surface area contributed by atoms with Gasteiger partial charge in [0.25, 0.3) is 0 Å². The van der Waals surface area contributed by atoms with Crippen molar-refractivity contribution in [1.82, 2.24) is 9.13 Å². The Bertz CT molecular complexity index is 2570. The maximum absolute atomic E-state index is 10.7. The first-order valence-corrected chi connectivity index (χ1v) is 20.5. The van der Waals surface area contributed by atoms with Crippen LogP contribution in [0.1, 0.15) is 73.9 Å². The maximum Gasteiger partial charge on any atom is 0.485 e. The van der Waals surface area contributed by atoms with Gasteiger partial charge in [0.05, 0.1) is 12.1 Å². The summed E-state index contributed by atoms with van der Waals surface area (Å²) in [5.74, 6) is 0.336. The van der Waals surface area contributed by atoms with E-state index in [1.54, 1.807) is 0 Å². The van der Waals surface area contributed by atoms with Crippen molar-refractivity contribution >= 4 is 54.7 Å². The largest absolute Gasteiger partial charge is 0.741 e. The fourth-order valence-corrected chi connectivity index (χ4v) is 7.36. The minimum absolute atomic E-state index is 0.168. The molecule has 2 aromatic heterocycles. The first kappa shape index (κ1) is 42.3. The number of nitrogens with zero attached hydrogens (tertiary/aromatic N) is 4. The normalized spacial score (nSPS) is 18.0. The van der Waals surface area contributed by atoms with Crippen LogP contribution in [0.5, 0.6) is 0 Å². The fraction of sp³-hybridized carbons (Fsp3) is 0.250. The Balaban J connectivity index is 0.000000301. The van der Waals surface area contributed by atoms with Crippen LogP contribution in [0.4, 0.5) is 26.3 Å². The van der Waals surface area contributed by atoms with Gasteiger partial charge < -0.3 is 9.11 Å². The Hall–Kier alpha value is -5.30. The minimum Gasteiger partial charge on any atom is -0.741 e. The molecule has 10 nitrogen and oxygen atoms in total. The monoisotopic (exact) mass is 846 g/mol. The van der Waals surface area contributed by atoms with Crippen LogP contribution < -0.4 is 9.13 Å². The second kappa shape index (κ2) is 15.5. The van der Waals surface area contributed by atoms with Gasteiger partial charge in [-0.05, 0) is 74.2 Å². The Morgan fingerprint density at radius 1 is 0.534 bits per heavy atom. The van der Waals surface area contributed by atoms with Crippen molar-refractivity contribution in [2.75, 3.05) is 0 Å². The molecule has 0 N–H and O–H groups in total. The number of alkyl halides is 6. The van der Waals surface area contributed by atoms with Crippen molar-refractivity contribution in [3.8, 4) is 0 Å². The van der Waals surface area contributed by atoms with E-state index in [4.69, 9.17) is 25.9 Å². The molecule has 3 aliphatic carbocycles. The Morgan fingerprint density at radius 3 is 1.05 bits per heavy atom. The number of allylic oxidation sites excluding steroid dienone is 2. The van der Waals surface area contributed by atoms with Crippen molar-refractivity contribution in [3.05, 3.63) is 143 Å². The highest BCUT2D eigenvalue weighted by Gasteiger charge is 2.45. The molecule has 0 radical (unpaired) electrons. The second-order valence-electron chi connectivity index (χ2n) is 14.1. The lowest BCUT2D eigenvalue weighted by Gasteiger charge is -2.43. The molecule has 4 aromatic carbocycles. The standard InChI is InChI=1S/C38H36N4.2CHF3O3S/c1-25(2)41-23-39(33-17-9-11-19-35(33)41)21-31-32(22-40-24-42(26(3)4)36-20-12-10-18-34(36)40)38-29-15-7-5-13-27(29)37(31)28-14-6-8-16-30(28)38;2*2-1(3,4)8(5,6)7/h5-26,37-38H,1-4H3;2*(H,5,6,7)/q+2;;/p-2/b31-21-,32-22-;;. The first-order chi connectivity index (χ1) is 27.0. The number of hydrogen-bond donors (Lipinski definition) is 0. The Morgan fingerprint density at radius 2 is 0.793 bits per heavy atom. The summed E-state index contributed by atoms with van der Waals surface area (Å²) in [7, 11) is -12.2. The van der Waals surface area contributed by atoms with Crippen LogP contribution in [0.25, 0.3) is 34.5 Å². The number of benzene rings is 4. The maximum atomic E-state index is 10.7. The molecule has 18 heteroatoms. The van der Waals surface area contributed by atoms with Crippen molar-refractivity contribution in [2.24, 2.45) is 0 Å². The predicted molar refractivity (Wildman–Crippen MR) is 202 cm³/mol. The molecule has 6 aromatic rings. The fourth-order valence-electron chi connectivity index (χ4n) is 7.36. The van der Waals surface area contributed by atoms with E-state index in [9.17, 15) is 26.3 Å². The highest BCUT2D eigenvalue weighted by molar-refractivity contribution is 7.86. The van der Waals surface area contributed by atoms with Crippen LogP contribution in [0, 0.1) is 0 Å². The van der Waals surface area contributed by atoms with Gasteiger partial charge in [0.15, 0.2) is 42.3 Å². The lowest BCUT2D eigenvalue weighted by Crippen LogP contribution is -2.34. The number of hydrogen-bond acceptors (Lipinski definition) is 6. The van der Waals surface area contributed by atoms with E-state index in [2.05, 4.69) is 168 Å². The number of halogens is 6. The van der Waals surface area contributed by atoms with Gasteiger partial charge in [-0.3, -0.25) is 0 Å². The van der Waals surface area contributed by atoms with Gasteiger partial charge in [0, 0.05) is 23.0 Å². The molecule has 0 unspecified atom stereocenters. The van der Waals surface area contributed by atoms with E-state index in [-0.39, 0.29) is 11.8 Å². The van der Waals surface area contributed by atoms with Crippen molar-refractivity contribution in [1.29, 1.82) is 0 Å². The van der Waals surface area contributed by atoms with E-state index >= 15 is 0 Å². The van der Waals surface area contributed by atoms with Crippen LogP contribution >= 0.6 is 0 Å². The third-order valence-electron chi connectivity index (χ3n) is 9.80. The summed E-state index contributed by atoms with van der Waals surface area (Å²) >= 11 is 0. The van der Waals surface area contributed by atoms with E-state index in [0.29, 0.717) is 12.1 Å². The molecule has 0 aliphatic heterocycles. The lowest BCUT2D eigenvalue weighted by atomic mass is 9.59. The summed E-state index contributed by atoms with van der Waals surface area (Å²) in [5.41, 5.74) is 2.10. The van der Waals surface area contributed by atoms with Crippen molar-refractivity contribution in [3.63, 3.8) is 0 Å². The minimum atomic E-state index is -6.09. The molecule has 9 rings (SSSR count). The molecule has 0 atom stereocenters. The third-order valence-corrected chi connectivity index (χ3v) is 10.9. The number of para-hydroxylation sites is 4. The van der Waals surface area contributed by atoms with Crippen LogP contribution in [0.15, 0.2) is 121 Å². The van der Waals surface area contributed by atoms with Crippen molar-refractivity contribution < 1.29 is 61.4 Å². The molecular formula is C40H36F6N4O6S2. The van der Waals surface area contributed by atoms with E-state index in [1.807, 2.05) is 0 Å². The van der Waals surface area contributed by atoms with Gasteiger partial charge in [-0.15, -0.1) is 0 Å². The molecule has 0 saturated heterocycles. The average molecular weight is 847 g/mol. The zero-order chi connectivity index (χ0) is 42.5. The number of rotatable bonds is 4. The predicted octanol–water partition coefficient (Wildman–Crippen LogP) is 8.11. The van der Waals surface area contributed by atoms with Crippen LogP contribution in [-0.4, -0.2) is 46.1 Å². The summed E-state index contributed by atoms with van der Waals surface area (Å²) < 4.78 is 127. The smallest absolute Gasteiger partial charge is 0.485 e. The summed E-state index contributed by atoms with van der Waals surface area (Å²) in [6.45, 7) is 9.02. The number of fused-ring (bicyclic) bond motifs is 3. The van der Waals surface area contributed by atoms with E-state index < -0.39 is 31.3 Å². The van der Waals surface area contributed by atoms with Crippen LogP contribution in [0.3, 0.4) is 0 Å². The Labute approximate surface area is 330 Å². The summed E-state index contributed by atoms with van der Waals surface area (Å²) in [4.78, 5) is 0. The molecule has 0 spiro atoms. The first-order valence-electron chi connectivity index (χ1n) is 17.7. The second-order valence-corrected chi connectivity index (χ2v) is 16.9. The summed E-state index contributed by atoms with van der Waals surface area (Å²) in [5, 5.41) is 0. The molecular weight excluding hydrogens is 811 g/mol. The van der Waals surface area contributed by atoms with Gasteiger partial charge in [-0.2, -0.15) is 26.3 Å². The summed E-state index contributed by atoms with van der Waals surface area (Å²) in [6.07, 6.45) is 9.38. The average Bonchev–Trinajstić information content (AvgIpc) is 3.70. The molecule has 2 bridgehead atoms. The van der Waals surface area contributed by atoms with Gasteiger partial charge in [-0.1, -0.05) is 72.8 Å². The number of imidazole rings is 2. The van der Waals surface area contributed by atoms with E-state index in [1.165, 1.54) is 55.5 Å². The molecule has 2 heterocycles. The highest BCUT2D eigenvalue weighted by Crippen LogP contribution is 2.58. The third kappa shape index (κ3) is 8.05. The molecule has 58 heavy (non-hydrogen) atoms. The van der Waals surface area contributed by atoms with Gasteiger partial charge in [0.1, 0.15) is 12.4 Å². The van der Waals surface area contributed by atoms with Gasteiger partial charge in [0.2, 0.25) is 12.7 Å². The topological polar surface area (TPSA) is 132 Å². The zero-order valence-electron chi connectivity index (χ0n) is 31.2. The Kier molecular flexibility index (Phi) is 11.3. The molecule has 0 amide bonds. The van der Waals surface area contributed by atoms with Crippen molar-refractivity contribution in [2.45, 2.75) is 62.6 Å². The molecule has 0 fully saturated rings. The van der Waals surface area contributed by atoms with E-state index in [0.717, 1.165) is 0 Å². The highest BCUT2D eigenvalue weighted by atomic mass is 32.2. The SMILES string of the molecule is CC(C)[n+]1cn(/C=C2/C(=C/n3c[n+](C(C)C)c4ccccc43)C3c4ccccc4C2c2ccccc23)c2ccccc21.O=S(=O)([O-])C(F)(F)F.O=S(=O)([O-])C(F)(F)F. The van der Waals surface area contributed by atoms with Gasteiger partial charge in [-0.25, -0.2) is 35.1 Å². The molecule has 306 valence electrons. The quantitative estimate of drug-likeness (QED) is 0.0763. The summed E-state index contributed by atoms with van der Waals surface area (Å²) in [6, 6.07) is 36.4. The zero-order valence-corrected chi connectivity index (χ0v) is 32.8. The molecule has 0 saturated carbocycles. The lowest BCUT2D eigenvalue weighted by molar-refractivity contribution is -0.692.